The fraction of sp³-hybridized carbons (Fsp3) is 0.500. The van der Waals surface area contributed by atoms with E-state index in [1.54, 1.807) is 4.98 Å². The van der Waals surface area contributed by atoms with Crippen LogP contribution in [0.2, 0.25) is 0 Å². The molecule has 1 aromatic heterocycles. The highest BCUT2D eigenvalue weighted by Crippen LogP contribution is 2.30. The first-order valence-electron chi connectivity index (χ1n) is 5.74. The summed E-state index contributed by atoms with van der Waals surface area (Å²) in [4.78, 5) is 35.0. The molecule has 0 bridgehead atoms. The van der Waals surface area contributed by atoms with E-state index in [0.717, 1.165) is 0 Å². The van der Waals surface area contributed by atoms with E-state index in [2.05, 4.69) is 0 Å². The number of hydrogen-bond donors (Lipinski definition) is 5. The SMILES string of the molecule is NC(=O)[C@H](O)[C@H]1O[C@H](n2cc(F)c(=O)[nH]c2=O)[C@@H](O)[C@H]1O. The highest BCUT2D eigenvalue weighted by atomic mass is 19.1. The van der Waals surface area contributed by atoms with Crippen molar-refractivity contribution in [1.82, 2.24) is 9.55 Å². The number of nitrogens with one attached hydrogen (secondary N) is 1. The Balaban J connectivity index is 2.38. The third kappa shape index (κ3) is 2.58. The van der Waals surface area contributed by atoms with Gasteiger partial charge in [0, 0.05) is 0 Å². The monoisotopic (exact) mass is 305 g/mol. The molecular formula is C10H12FN3O7. The van der Waals surface area contributed by atoms with E-state index in [-0.39, 0.29) is 0 Å². The average Bonchev–Trinajstić information content (AvgIpc) is 2.70. The van der Waals surface area contributed by atoms with Gasteiger partial charge in [0.2, 0.25) is 11.7 Å². The number of ether oxygens (including phenoxy) is 1. The van der Waals surface area contributed by atoms with Gasteiger partial charge in [-0.1, -0.05) is 0 Å². The minimum atomic E-state index is -1.94. The lowest BCUT2D eigenvalue weighted by atomic mass is 10.1. The first kappa shape index (κ1) is 15.3. The van der Waals surface area contributed by atoms with Crippen molar-refractivity contribution in [1.29, 1.82) is 0 Å². The van der Waals surface area contributed by atoms with Crippen LogP contribution in [0.4, 0.5) is 4.39 Å². The summed E-state index contributed by atoms with van der Waals surface area (Å²) in [5, 5.41) is 28.9. The van der Waals surface area contributed by atoms with Crippen molar-refractivity contribution in [2.24, 2.45) is 5.73 Å². The quantitative estimate of drug-likeness (QED) is 0.380. The molecule has 0 spiro atoms. The molecule has 0 aliphatic carbocycles. The number of hydrogen-bond acceptors (Lipinski definition) is 7. The molecule has 0 radical (unpaired) electrons. The van der Waals surface area contributed by atoms with Gasteiger partial charge >= 0.3 is 5.69 Å². The lowest BCUT2D eigenvalue weighted by Crippen LogP contribution is -2.45. The van der Waals surface area contributed by atoms with E-state index >= 15 is 0 Å². The van der Waals surface area contributed by atoms with E-state index in [4.69, 9.17) is 10.5 Å². The zero-order valence-corrected chi connectivity index (χ0v) is 10.3. The Labute approximate surface area is 115 Å². The Kier molecular flexibility index (Phi) is 3.91. The number of carbonyl (C=O) groups excluding carboxylic acids is 1. The highest BCUT2D eigenvalue weighted by Gasteiger charge is 2.48. The van der Waals surface area contributed by atoms with Crippen LogP contribution in [0.3, 0.4) is 0 Å². The summed E-state index contributed by atoms with van der Waals surface area (Å²) in [6.45, 7) is 0. The van der Waals surface area contributed by atoms with Crippen LogP contribution in [0.5, 0.6) is 0 Å². The molecule has 5 atom stereocenters. The number of halogens is 1. The first-order valence-corrected chi connectivity index (χ1v) is 5.74. The van der Waals surface area contributed by atoms with Gasteiger partial charge in [-0.2, -0.15) is 4.39 Å². The van der Waals surface area contributed by atoms with Gasteiger partial charge < -0.3 is 25.8 Å². The Bertz CT molecular complexity index is 671. The molecule has 1 fully saturated rings. The molecule has 2 heterocycles. The lowest BCUT2D eigenvalue weighted by Gasteiger charge is -2.18. The summed E-state index contributed by atoms with van der Waals surface area (Å²) in [6, 6.07) is 0. The number of amides is 1. The number of nitrogens with zero attached hydrogens (tertiary/aromatic N) is 1. The Morgan fingerprint density at radius 2 is 2.05 bits per heavy atom. The molecule has 0 unspecified atom stereocenters. The highest BCUT2D eigenvalue weighted by molar-refractivity contribution is 5.79. The summed E-state index contributed by atoms with van der Waals surface area (Å²) in [7, 11) is 0. The lowest BCUT2D eigenvalue weighted by molar-refractivity contribution is -0.140. The van der Waals surface area contributed by atoms with Gasteiger partial charge in [-0.05, 0) is 0 Å². The van der Waals surface area contributed by atoms with E-state index in [9.17, 15) is 34.1 Å². The fourth-order valence-corrected chi connectivity index (χ4v) is 1.99. The van der Waals surface area contributed by atoms with Gasteiger partial charge in [0.1, 0.15) is 18.3 Å². The fourth-order valence-electron chi connectivity index (χ4n) is 1.99. The maximum atomic E-state index is 13.2. The molecule has 10 nitrogen and oxygen atoms in total. The van der Waals surface area contributed by atoms with Crippen molar-refractivity contribution in [3.8, 4) is 0 Å². The zero-order valence-electron chi connectivity index (χ0n) is 10.3. The molecule has 6 N–H and O–H groups in total. The van der Waals surface area contributed by atoms with Crippen LogP contribution in [0, 0.1) is 5.82 Å². The molecule has 11 heteroatoms. The summed E-state index contributed by atoms with van der Waals surface area (Å²) < 4.78 is 18.7. The number of aromatic nitrogens is 2. The van der Waals surface area contributed by atoms with Gasteiger partial charge in [0.25, 0.3) is 5.56 Å². The van der Waals surface area contributed by atoms with Crippen molar-refractivity contribution < 1.29 is 29.2 Å². The molecule has 1 amide bonds. The van der Waals surface area contributed by atoms with Crippen LogP contribution in [-0.4, -0.2) is 55.2 Å². The molecule has 1 aliphatic heterocycles. The number of aliphatic hydroxyl groups is 3. The first-order chi connectivity index (χ1) is 9.73. The molecule has 116 valence electrons. The zero-order chi connectivity index (χ0) is 15.9. The van der Waals surface area contributed by atoms with Crippen molar-refractivity contribution in [3.63, 3.8) is 0 Å². The number of nitrogens with two attached hydrogens (primary N) is 1. The standard InChI is InChI=1S/C10H12FN3O7/c11-2-1-14(10(20)13-8(2)19)9-4(16)3(15)6(21-9)5(17)7(12)18/h1,3-6,9,15-17H,(H2,12,18)(H,13,19,20)/t3-,4+,5-,6+,9+/m1/s1. The van der Waals surface area contributed by atoms with Crippen molar-refractivity contribution >= 4 is 5.91 Å². The molecular weight excluding hydrogens is 293 g/mol. The smallest absolute Gasteiger partial charge is 0.330 e. The minimum absolute atomic E-state index is 0.473. The molecule has 1 aromatic rings. The van der Waals surface area contributed by atoms with Crippen LogP contribution in [-0.2, 0) is 9.53 Å². The van der Waals surface area contributed by atoms with Crippen LogP contribution in [0.15, 0.2) is 15.8 Å². The number of aliphatic hydroxyl groups excluding tert-OH is 3. The number of aromatic amines is 1. The van der Waals surface area contributed by atoms with Crippen LogP contribution < -0.4 is 17.0 Å². The van der Waals surface area contributed by atoms with E-state index in [1.807, 2.05) is 0 Å². The summed E-state index contributed by atoms with van der Waals surface area (Å²) >= 11 is 0. The van der Waals surface area contributed by atoms with E-state index < -0.39 is 53.6 Å². The van der Waals surface area contributed by atoms with Crippen LogP contribution >= 0.6 is 0 Å². The summed E-state index contributed by atoms with van der Waals surface area (Å²) in [6.07, 6.45) is -8.20. The van der Waals surface area contributed by atoms with Crippen LogP contribution in [0.25, 0.3) is 0 Å². The second kappa shape index (κ2) is 5.37. The number of carbonyl (C=O) groups is 1. The maximum Gasteiger partial charge on any atom is 0.330 e. The molecule has 1 aliphatic rings. The third-order valence-electron chi connectivity index (χ3n) is 3.08. The van der Waals surface area contributed by atoms with Crippen molar-refractivity contribution in [3.05, 3.63) is 32.9 Å². The van der Waals surface area contributed by atoms with Gasteiger partial charge in [0.05, 0.1) is 6.20 Å². The van der Waals surface area contributed by atoms with Gasteiger partial charge in [-0.15, -0.1) is 0 Å². The maximum absolute atomic E-state index is 13.2. The Morgan fingerprint density at radius 1 is 1.43 bits per heavy atom. The summed E-state index contributed by atoms with van der Waals surface area (Å²) in [5.74, 6) is -2.54. The van der Waals surface area contributed by atoms with E-state index in [0.29, 0.717) is 10.8 Å². The topological polar surface area (TPSA) is 168 Å². The molecule has 0 saturated carbocycles. The third-order valence-corrected chi connectivity index (χ3v) is 3.08. The minimum Gasteiger partial charge on any atom is -0.387 e. The predicted octanol–water partition coefficient (Wildman–Crippen LogP) is -3.86. The largest absolute Gasteiger partial charge is 0.387 e. The number of rotatable bonds is 3. The molecule has 21 heavy (non-hydrogen) atoms. The van der Waals surface area contributed by atoms with Crippen molar-refractivity contribution in [2.75, 3.05) is 0 Å². The van der Waals surface area contributed by atoms with E-state index in [1.165, 1.54) is 0 Å². The predicted molar refractivity (Wildman–Crippen MR) is 62.4 cm³/mol. The Morgan fingerprint density at radius 3 is 2.62 bits per heavy atom. The second-order valence-electron chi connectivity index (χ2n) is 4.46. The number of H-pyrrole nitrogens is 1. The van der Waals surface area contributed by atoms with Gasteiger partial charge in [-0.3, -0.25) is 19.1 Å². The average molecular weight is 305 g/mol. The summed E-state index contributed by atoms with van der Waals surface area (Å²) in [5.41, 5.74) is 2.47. The van der Waals surface area contributed by atoms with Gasteiger partial charge in [-0.25, -0.2) is 4.79 Å². The second-order valence-corrected chi connectivity index (χ2v) is 4.46. The van der Waals surface area contributed by atoms with Crippen LogP contribution in [0.1, 0.15) is 6.23 Å². The molecule has 2 rings (SSSR count). The number of primary amides is 1. The molecule has 0 aromatic carbocycles. The normalized spacial score (nSPS) is 30.3. The van der Waals surface area contributed by atoms with Gasteiger partial charge in [0.15, 0.2) is 12.3 Å². The Hall–Kier alpha value is -2.08. The van der Waals surface area contributed by atoms with Crippen molar-refractivity contribution in [2.45, 2.75) is 30.6 Å². The molecule has 1 saturated heterocycles.